The number of benzene rings is 2. The zero-order valence-corrected chi connectivity index (χ0v) is 16.7. The highest BCUT2D eigenvalue weighted by atomic mass is 32.2. The minimum absolute atomic E-state index is 0.0322. The standard InChI is InChI=1S/C21H20N4O3S/c1-2-17-22-19-18(20(26)23-17)24-21(25(19)13-15-9-5-3-6-10-15)29(27,28)14-16-11-7-4-8-12-16/h3-12H,2,13-14H2,1H3,(H,22,23,26). The molecule has 0 fully saturated rings. The number of sulfone groups is 1. The van der Waals surface area contributed by atoms with Gasteiger partial charge in [0.05, 0.1) is 12.3 Å². The van der Waals surface area contributed by atoms with Crippen molar-refractivity contribution in [1.82, 2.24) is 19.5 Å². The Morgan fingerprint density at radius 1 is 0.931 bits per heavy atom. The first-order chi connectivity index (χ1) is 14.0. The van der Waals surface area contributed by atoms with Crippen molar-refractivity contribution in [3.05, 3.63) is 88.0 Å². The summed E-state index contributed by atoms with van der Waals surface area (Å²) in [5.41, 5.74) is 1.42. The third-order valence-corrected chi connectivity index (χ3v) is 6.20. The number of aryl methyl sites for hydroxylation is 1. The van der Waals surface area contributed by atoms with Crippen LogP contribution in [0.15, 0.2) is 70.6 Å². The van der Waals surface area contributed by atoms with E-state index < -0.39 is 15.4 Å². The predicted molar refractivity (Wildman–Crippen MR) is 110 cm³/mol. The molecule has 2 aromatic heterocycles. The lowest BCUT2D eigenvalue weighted by Crippen LogP contribution is -2.15. The largest absolute Gasteiger partial charge is 0.309 e. The van der Waals surface area contributed by atoms with Crippen molar-refractivity contribution < 1.29 is 8.42 Å². The Bertz CT molecular complexity index is 1310. The fraction of sp³-hybridized carbons (Fsp3) is 0.190. The molecule has 0 atom stereocenters. The number of hydrogen-bond acceptors (Lipinski definition) is 5. The van der Waals surface area contributed by atoms with Gasteiger partial charge in [0, 0.05) is 6.42 Å². The van der Waals surface area contributed by atoms with E-state index in [4.69, 9.17) is 0 Å². The Labute approximate surface area is 168 Å². The van der Waals surface area contributed by atoms with Crippen LogP contribution in [0.5, 0.6) is 0 Å². The molecule has 2 heterocycles. The first kappa shape index (κ1) is 19.1. The van der Waals surface area contributed by atoms with Gasteiger partial charge in [-0.25, -0.2) is 18.4 Å². The Kier molecular flexibility index (Phi) is 5.02. The van der Waals surface area contributed by atoms with E-state index in [1.165, 1.54) is 4.57 Å². The molecular weight excluding hydrogens is 388 g/mol. The summed E-state index contributed by atoms with van der Waals surface area (Å²) < 4.78 is 28.0. The number of fused-ring (bicyclic) bond motifs is 1. The van der Waals surface area contributed by atoms with Crippen LogP contribution in [0.3, 0.4) is 0 Å². The van der Waals surface area contributed by atoms with E-state index in [2.05, 4.69) is 15.0 Å². The second-order valence-electron chi connectivity index (χ2n) is 6.75. The Balaban J connectivity index is 1.91. The molecule has 0 saturated carbocycles. The summed E-state index contributed by atoms with van der Waals surface area (Å²) >= 11 is 0. The van der Waals surface area contributed by atoms with Gasteiger partial charge in [-0.2, -0.15) is 0 Å². The van der Waals surface area contributed by atoms with Crippen molar-refractivity contribution in [2.24, 2.45) is 0 Å². The monoisotopic (exact) mass is 408 g/mol. The fourth-order valence-corrected chi connectivity index (χ4v) is 4.69. The Morgan fingerprint density at radius 3 is 2.17 bits per heavy atom. The molecule has 29 heavy (non-hydrogen) atoms. The minimum atomic E-state index is -3.80. The number of nitrogens with zero attached hydrogens (tertiary/aromatic N) is 3. The smallest absolute Gasteiger partial charge is 0.279 e. The highest BCUT2D eigenvalue weighted by Gasteiger charge is 2.26. The molecule has 4 rings (SSSR count). The van der Waals surface area contributed by atoms with Gasteiger partial charge in [-0.1, -0.05) is 67.6 Å². The number of nitrogens with one attached hydrogen (secondary N) is 1. The second-order valence-corrected chi connectivity index (χ2v) is 8.63. The Hall–Kier alpha value is -3.26. The molecular formula is C21H20N4O3S. The zero-order valence-electron chi connectivity index (χ0n) is 15.9. The van der Waals surface area contributed by atoms with Crippen molar-refractivity contribution in [3.8, 4) is 0 Å². The van der Waals surface area contributed by atoms with Crippen LogP contribution in [0.25, 0.3) is 11.2 Å². The zero-order chi connectivity index (χ0) is 20.4. The second kappa shape index (κ2) is 7.63. The van der Waals surface area contributed by atoms with E-state index in [0.717, 1.165) is 5.56 Å². The molecule has 0 unspecified atom stereocenters. The van der Waals surface area contributed by atoms with Crippen molar-refractivity contribution in [1.29, 1.82) is 0 Å². The van der Waals surface area contributed by atoms with E-state index in [9.17, 15) is 13.2 Å². The van der Waals surface area contributed by atoms with Crippen LogP contribution in [0, 0.1) is 0 Å². The lowest BCUT2D eigenvalue weighted by atomic mass is 10.2. The Morgan fingerprint density at radius 2 is 1.55 bits per heavy atom. The summed E-state index contributed by atoms with van der Waals surface area (Å²) in [4.78, 5) is 23.9. The van der Waals surface area contributed by atoms with Crippen LogP contribution in [-0.4, -0.2) is 27.9 Å². The van der Waals surface area contributed by atoms with E-state index in [1.54, 1.807) is 24.3 Å². The van der Waals surface area contributed by atoms with Gasteiger partial charge in [0.25, 0.3) is 5.56 Å². The molecule has 8 heteroatoms. The number of aromatic nitrogens is 4. The van der Waals surface area contributed by atoms with Gasteiger partial charge < -0.3 is 4.98 Å². The summed E-state index contributed by atoms with van der Waals surface area (Å²) in [6.45, 7) is 2.12. The molecule has 0 aliphatic rings. The van der Waals surface area contributed by atoms with Gasteiger partial charge >= 0.3 is 0 Å². The predicted octanol–water partition coefficient (Wildman–Crippen LogP) is 2.70. The molecule has 2 aromatic carbocycles. The average molecular weight is 408 g/mol. The maximum absolute atomic E-state index is 13.2. The third-order valence-electron chi connectivity index (χ3n) is 4.62. The lowest BCUT2D eigenvalue weighted by Gasteiger charge is -2.10. The van der Waals surface area contributed by atoms with Crippen molar-refractivity contribution in [3.63, 3.8) is 0 Å². The molecule has 148 valence electrons. The maximum atomic E-state index is 13.2. The molecule has 0 spiro atoms. The highest BCUT2D eigenvalue weighted by Crippen LogP contribution is 2.21. The topological polar surface area (TPSA) is 97.7 Å². The minimum Gasteiger partial charge on any atom is -0.309 e. The summed E-state index contributed by atoms with van der Waals surface area (Å²) in [6.07, 6.45) is 0.522. The molecule has 0 radical (unpaired) electrons. The van der Waals surface area contributed by atoms with E-state index in [1.807, 2.05) is 43.3 Å². The molecule has 7 nitrogen and oxygen atoms in total. The lowest BCUT2D eigenvalue weighted by molar-refractivity contribution is 0.574. The highest BCUT2D eigenvalue weighted by molar-refractivity contribution is 7.90. The molecule has 0 bridgehead atoms. The van der Waals surface area contributed by atoms with Crippen molar-refractivity contribution in [2.75, 3.05) is 0 Å². The first-order valence-corrected chi connectivity index (χ1v) is 10.9. The van der Waals surface area contributed by atoms with Gasteiger partial charge in [-0.15, -0.1) is 0 Å². The van der Waals surface area contributed by atoms with Gasteiger partial charge in [0.1, 0.15) is 5.82 Å². The van der Waals surface area contributed by atoms with E-state index >= 15 is 0 Å². The number of rotatable bonds is 6. The number of imidazole rings is 1. The van der Waals surface area contributed by atoms with E-state index in [-0.39, 0.29) is 28.6 Å². The maximum Gasteiger partial charge on any atom is 0.279 e. The van der Waals surface area contributed by atoms with Crippen LogP contribution in [0.4, 0.5) is 0 Å². The van der Waals surface area contributed by atoms with Crippen LogP contribution >= 0.6 is 0 Å². The number of hydrogen-bond donors (Lipinski definition) is 1. The first-order valence-electron chi connectivity index (χ1n) is 9.28. The van der Waals surface area contributed by atoms with Gasteiger partial charge in [-0.3, -0.25) is 9.36 Å². The van der Waals surface area contributed by atoms with E-state index in [0.29, 0.717) is 17.8 Å². The van der Waals surface area contributed by atoms with Crippen LogP contribution in [0.2, 0.25) is 0 Å². The van der Waals surface area contributed by atoms with Gasteiger partial charge in [0.2, 0.25) is 15.0 Å². The molecule has 4 aromatic rings. The molecule has 0 saturated heterocycles. The number of H-pyrrole nitrogens is 1. The average Bonchev–Trinajstić information content (AvgIpc) is 3.09. The quantitative estimate of drug-likeness (QED) is 0.529. The third kappa shape index (κ3) is 3.84. The summed E-state index contributed by atoms with van der Waals surface area (Å²) in [6, 6.07) is 18.4. The van der Waals surface area contributed by atoms with Gasteiger partial charge in [-0.05, 0) is 11.1 Å². The van der Waals surface area contributed by atoms with Crippen molar-refractivity contribution >= 4 is 21.0 Å². The molecule has 1 N–H and O–H groups in total. The van der Waals surface area contributed by atoms with Crippen LogP contribution < -0.4 is 5.56 Å². The van der Waals surface area contributed by atoms with Crippen molar-refractivity contribution in [2.45, 2.75) is 30.8 Å². The molecule has 0 aliphatic carbocycles. The summed E-state index contributed by atoms with van der Waals surface area (Å²) in [7, 11) is -3.80. The SMILES string of the molecule is CCc1nc2c(nc(S(=O)(=O)Cc3ccccc3)n2Cc2ccccc2)c(=O)[nH]1. The number of aromatic amines is 1. The fourth-order valence-electron chi connectivity index (χ4n) is 3.21. The molecule has 0 amide bonds. The summed E-state index contributed by atoms with van der Waals surface area (Å²) in [5.74, 6) is 0.286. The molecule has 0 aliphatic heterocycles. The van der Waals surface area contributed by atoms with Crippen LogP contribution in [0.1, 0.15) is 23.9 Å². The van der Waals surface area contributed by atoms with Gasteiger partial charge in [0.15, 0.2) is 11.2 Å². The van der Waals surface area contributed by atoms with Crippen LogP contribution in [-0.2, 0) is 28.6 Å². The summed E-state index contributed by atoms with van der Waals surface area (Å²) in [5, 5.41) is -0.147. The normalized spacial score (nSPS) is 11.8.